The molecule has 1 aromatic heterocycles. The molecule has 0 aromatic carbocycles. The van der Waals surface area contributed by atoms with Crippen molar-refractivity contribution in [2.45, 2.75) is 25.3 Å². The average Bonchev–Trinajstić information content (AvgIpc) is 2.80. The maximum absolute atomic E-state index is 6.03. The van der Waals surface area contributed by atoms with Crippen LogP contribution in [0.5, 0.6) is 0 Å². The number of nitrogens with zero attached hydrogens (tertiary/aromatic N) is 1. The van der Waals surface area contributed by atoms with E-state index in [0.717, 1.165) is 24.4 Å². The van der Waals surface area contributed by atoms with Crippen molar-refractivity contribution >= 4 is 28.8 Å². The van der Waals surface area contributed by atoms with E-state index in [1.807, 2.05) is 12.3 Å². The second kappa shape index (κ2) is 4.60. The molecule has 0 radical (unpaired) electrons. The quantitative estimate of drug-likeness (QED) is 0.789. The minimum atomic E-state index is 0.378. The fourth-order valence-electron chi connectivity index (χ4n) is 2.89. The van der Waals surface area contributed by atoms with E-state index in [1.165, 1.54) is 18.4 Å². The van der Waals surface area contributed by atoms with Crippen LogP contribution in [-0.2, 0) is 0 Å². The summed E-state index contributed by atoms with van der Waals surface area (Å²) in [4.78, 5) is 4.13. The molecule has 0 saturated carbocycles. The number of fused-ring (bicyclic) bond motifs is 1. The zero-order valence-electron chi connectivity index (χ0n) is 9.42. The Hall–Kier alpha value is -0.570. The zero-order valence-corrected chi connectivity index (χ0v) is 10.9. The van der Waals surface area contributed by atoms with E-state index in [-0.39, 0.29) is 0 Å². The fourth-order valence-corrected chi connectivity index (χ4v) is 3.16. The first-order chi connectivity index (χ1) is 8.25. The molecule has 17 heavy (non-hydrogen) atoms. The average molecular weight is 269 g/mol. The largest absolute Gasteiger partial charge is 0.310 e. The van der Waals surface area contributed by atoms with Crippen molar-refractivity contribution in [2.75, 3.05) is 6.54 Å². The van der Waals surface area contributed by atoms with Crippen molar-refractivity contribution < 1.29 is 0 Å². The standard InChI is InChI=1S/C13H14Cl2N2/c14-11-6-9(7-17-13(11)15)10-3-1-2-8-4-5-16-12(8)10/h3,6-8,12,16H,1-2,4-5H2. The molecule has 1 saturated heterocycles. The molecule has 1 aliphatic heterocycles. The molecule has 2 atom stereocenters. The summed E-state index contributed by atoms with van der Waals surface area (Å²) in [6.07, 6.45) is 7.84. The predicted molar refractivity (Wildman–Crippen MR) is 71.4 cm³/mol. The summed E-state index contributed by atoms with van der Waals surface area (Å²) in [5, 5.41) is 4.48. The topological polar surface area (TPSA) is 24.9 Å². The SMILES string of the molecule is Clc1cc(C2=CCCC3CCNC23)cnc1Cl. The Labute approximate surface area is 111 Å². The van der Waals surface area contributed by atoms with E-state index < -0.39 is 0 Å². The molecule has 2 heterocycles. The molecule has 0 spiro atoms. The minimum Gasteiger partial charge on any atom is -0.310 e. The van der Waals surface area contributed by atoms with Crippen molar-refractivity contribution in [2.24, 2.45) is 5.92 Å². The molecule has 1 aromatic rings. The van der Waals surface area contributed by atoms with Gasteiger partial charge in [-0.3, -0.25) is 0 Å². The number of hydrogen-bond acceptors (Lipinski definition) is 2. The van der Waals surface area contributed by atoms with Gasteiger partial charge in [0.1, 0.15) is 5.15 Å². The van der Waals surface area contributed by atoms with Gasteiger partial charge in [0.2, 0.25) is 0 Å². The molecule has 0 amide bonds. The molecule has 1 N–H and O–H groups in total. The van der Waals surface area contributed by atoms with Crippen LogP contribution in [0.15, 0.2) is 18.3 Å². The Morgan fingerprint density at radius 3 is 3.00 bits per heavy atom. The Morgan fingerprint density at radius 1 is 1.29 bits per heavy atom. The smallest absolute Gasteiger partial charge is 0.147 e. The fraction of sp³-hybridized carbons (Fsp3) is 0.462. The van der Waals surface area contributed by atoms with Crippen molar-refractivity contribution in [3.8, 4) is 0 Å². The molecule has 1 aliphatic carbocycles. The van der Waals surface area contributed by atoms with Gasteiger partial charge in [-0.1, -0.05) is 29.3 Å². The lowest BCUT2D eigenvalue weighted by Gasteiger charge is -2.27. The van der Waals surface area contributed by atoms with E-state index in [4.69, 9.17) is 23.2 Å². The van der Waals surface area contributed by atoms with Gasteiger partial charge in [0.05, 0.1) is 5.02 Å². The Kier molecular flexibility index (Phi) is 3.12. The number of hydrogen-bond donors (Lipinski definition) is 1. The Morgan fingerprint density at radius 2 is 2.18 bits per heavy atom. The number of pyridine rings is 1. The second-order valence-electron chi connectivity index (χ2n) is 4.71. The molecule has 4 heteroatoms. The van der Waals surface area contributed by atoms with E-state index in [1.54, 1.807) is 0 Å². The minimum absolute atomic E-state index is 0.378. The molecule has 2 nitrogen and oxygen atoms in total. The number of aromatic nitrogens is 1. The Balaban J connectivity index is 1.97. The van der Waals surface area contributed by atoms with E-state index in [0.29, 0.717) is 16.2 Å². The number of halogens is 2. The molecule has 1 fully saturated rings. The summed E-state index contributed by atoms with van der Waals surface area (Å²) in [6.45, 7) is 1.11. The number of rotatable bonds is 1. The van der Waals surface area contributed by atoms with Crippen LogP contribution in [0.3, 0.4) is 0 Å². The molecular formula is C13H14Cl2N2. The highest BCUT2D eigenvalue weighted by Gasteiger charge is 2.32. The molecule has 3 rings (SSSR count). The molecule has 90 valence electrons. The van der Waals surface area contributed by atoms with Gasteiger partial charge in [-0.15, -0.1) is 0 Å². The summed E-state index contributed by atoms with van der Waals surface area (Å²) < 4.78 is 0. The van der Waals surface area contributed by atoms with Gasteiger partial charge in [-0.25, -0.2) is 4.98 Å². The lowest BCUT2D eigenvalue weighted by atomic mass is 9.82. The monoisotopic (exact) mass is 268 g/mol. The molecule has 2 aliphatic rings. The van der Waals surface area contributed by atoms with Crippen LogP contribution in [-0.4, -0.2) is 17.6 Å². The van der Waals surface area contributed by atoms with E-state index in [2.05, 4.69) is 16.4 Å². The molecule has 0 bridgehead atoms. The third kappa shape index (κ3) is 2.10. The van der Waals surface area contributed by atoms with Crippen molar-refractivity contribution in [1.82, 2.24) is 10.3 Å². The third-order valence-corrected chi connectivity index (χ3v) is 4.40. The normalized spacial score (nSPS) is 27.8. The van der Waals surface area contributed by atoms with Crippen molar-refractivity contribution in [3.05, 3.63) is 34.1 Å². The zero-order chi connectivity index (χ0) is 11.8. The highest BCUT2D eigenvalue weighted by atomic mass is 35.5. The Bertz CT molecular complexity index is 470. The first-order valence-electron chi connectivity index (χ1n) is 6.00. The van der Waals surface area contributed by atoms with E-state index in [9.17, 15) is 0 Å². The van der Waals surface area contributed by atoms with Crippen LogP contribution in [0.2, 0.25) is 10.2 Å². The van der Waals surface area contributed by atoms with Crippen LogP contribution in [0.1, 0.15) is 24.8 Å². The van der Waals surface area contributed by atoms with Gasteiger partial charge in [-0.2, -0.15) is 0 Å². The van der Waals surface area contributed by atoms with Crippen LogP contribution in [0, 0.1) is 5.92 Å². The molecular weight excluding hydrogens is 255 g/mol. The van der Waals surface area contributed by atoms with Gasteiger partial charge in [0.15, 0.2) is 0 Å². The summed E-state index contributed by atoms with van der Waals surface area (Å²) in [5.74, 6) is 0.768. The lowest BCUT2D eigenvalue weighted by molar-refractivity contribution is 0.470. The highest BCUT2D eigenvalue weighted by molar-refractivity contribution is 6.41. The predicted octanol–water partition coefficient (Wildman–Crippen LogP) is 3.54. The summed E-state index contributed by atoms with van der Waals surface area (Å²) in [6, 6.07) is 2.40. The van der Waals surface area contributed by atoms with Crippen LogP contribution in [0.4, 0.5) is 0 Å². The highest BCUT2D eigenvalue weighted by Crippen LogP contribution is 2.36. The summed E-state index contributed by atoms with van der Waals surface area (Å²) in [7, 11) is 0. The van der Waals surface area contributed by atoms with Crippen molar-refractivity contribution in [3.63, 3.8) is 0 Å². The number of allylic oxidation sites excluding steroid dienone is 1. The lowest BCUT2D eigenvalue weighted by Crippen LogP contribution is -2.30. The third-order valence-electron chi connectivity index (χ3n) is 3.72. The summed E-state index contributed by atoms with van der Waals surface area (Å²) >= 11 is 11.9. The van der Waals surface area contributed by atoms with Crippen LogP contribution < -0.4 is 5.32 Å². The maximum Gasteiger partial charge on any atom is 0.147 e. The molecule has 2 unspecified atom stereocenters. The van der Waals surface area contributed by atoms with Gasteiger partial charge in [0, 0.05) is 12.2 Å². The van der Waals surface area contributed by atoms with Crippen molar-refractivity contribution in [1.29, 1.82) is 0 Å². The van der Waals surface area contributed by atoms with Crippen LogP contribution >= 0.6 is 23.2 Å². The van der Waals surface area contributed by atoms with Gasteiger partial charge >= 0.3 is 0 Å². The summed E-state index contributed by atoms with van der Waals surface area (Å²) in [5.41, 5.74) is 2.44. The van der Waals surface area contributed by atoms with Gasteiger partial charge in [-0.05, 0) is 48.9 Å². The number of nitrogens with one attached hydrogen (secondary N) is 1. The first-order valence-corrected chi connectivity index (χ1v) is 6.76. The van der Waals surface area contributed by atoms with Gasteiger partial charge < -0.3 is 5.32 Å². The van der Waals surface area contributed by atoms with Gasteiger partial charge in [0.25, 0.3) is 0 Å². The van der Waals surface area contributed by atoms with Crippen LogP contribution in [0.25, 0.3) is 5.57 Å². The maximum atomic E-state index is 6.03. The first kappa shape index (κ1) is 11.5. The van der Waals surface area contributed by atoms with E-state index >= 15 is 0 Å². The second-order valence-corrected chi connectivity index (χ2v) is 5.48.